The summed E-state index contributed by atoms with van der Waals surface area (Å²) in [6.45, 7) is 1.91. The van der Waals surface area contributed by atoms with E-state index < -0.39 is 10.0 Å². The van der Waals surface area contributed by atoms with Crippen molar-refractivity contribution in [2.24, 2.45) is 0 Å². The number of rotatable bonds is 3. The summed E-state index contributed by atoms with van der Waals surface area (Å²) in [4.78, 5) is 2.14. The summed E-state index contributed by atoms with van der Waals surface area (Å²) < 4.78 is 28.7. The van der Waals surface area contributed by atoms with Gasteiger partial charge in [-0.15, -0.1) is 10.2 Å². The molecule has 0 atom stereocenters. The van der Waals surface area contributed by atoms with E-state index >= 15 is 0 Å². The van der Waals surface area contributed by atoms with Crippen molar-refractivity contribution >= 4 is 21.4 Å². The second kappa shape index (κ2) is 5.01. The van der Waals surface area contributed by atoms with Gasteiger partial charge >= 0.3 is 0 Å². The Kier molecular flexibility index (Phi) is 3.30. The highest BCUT2D eigenvalue weighted by atomic mass is 32.2. The molecule has 1 aromatic heterocycles. The summed E-state index contributed by atoms with van der Waals surface area (Å²) >= 11 is 0. The van der Waals surface area contributed by atoms with Gasteiger partial charge in [0.25, 0.3) is 0 Å². The van der Waals surface area contributed by atoms with Crippen LogP contribution in [0.25, 0.3) is 0 Å². The third-order valence-corrected chi connectivity index (χ3v) is 4.97. The van der Waals surface area contributed by atoms with Crippen molar-refractivity contribution < 1.29 is 8.42 Å². The Morgan fingerprint density at radius 2 is 2.14 bits per heavy atom. The predicted octanol–water partition coefficient (Wildman–Crippen LogP) is -0.211. The van der Waals surface area contributed by atoms with Crippen LogP contribution in [0.1, 0.15) is 5.82 Å². The van der Waals surface area contributed by atoms with Crippen LogP contribution in [0.3, 0.4) is 0 Å². The first-order valence-corrected chi connectivity index (χ1v) is 7.94. The highest BCUT2D eigenvalue weighted by Crippen LogP contribution is 2.29. The molecule has 0 unspecified atom stereocenters. The van der Waals surface area contributed by atoms with E-state index in [-0.39, 0.29) is 4.90 Å². The van der Waals surface area contributed by atoms with Crippen molar-refractivity contribution in [1.82, 2.24) is 19.5 Å². The fourth-order valence-corrected chi connectivity index (χ4v) is 3.37. The smallest absolute Gasteiger partial charge is 0.242 e. The van der Waals surface area contributed by atoms with Crippen molar-refractivity contribution in [3.8, 4) is 0 Å². The van der Waals surface area contributed by atoms with Crippen molar-refractivity contribution in [3.63, 3.8) is 0 Å². The molecule has 0 spiro atoms. The minimum Gasteiger partial charge on any atom is -0.399 e. The number of sulfonamides is 1. The number of nitrogens with two attached hydrogens (primary N) is 1. The normalized spacial score (nSPS) is 15.0. The lowest BCUT2D eigenvalue weighted by atomic mass is 10.2. The SMILES string of the molecule is CNS(=O)(=O)c1cc(N)ccc1N1CCn2cnnc2C1. The minimum absolute atomic E-state index is 0.179. The Morgan fingerprint density at radius 1 is 1.33 bits per heavy atom. The molecule has 1 aliphatic rings. The van der Waals surface area contributed by atoms with Gasteiger partial charge in [-0.1, -0.05) is 0 Å². The highest BCUT2D eigenvalue weighted by Gasteiger charge is 2.24. The molecule has 3 rings (SSSR count). The van der Waals surface area contributed by atoms with Crippen molar-refractivity contribution in [1.29, 1.82) is 0 Å². The predicted molar refractivity (Wildman–Crippen MR) is 78.2 cm³/mol. The summed E-state index contributed by atoms with van der Waals surface area (Å²) in [5.74, 6) is 0.811. The summed E-state index contributed by atoms with van der Waals surface area (Å²) in [5, 5.41) is 7.91. The highest BCUT2D eigenvalue weighted by molar-refractivity contribution is 7.89. The quantitative estimate of drug-likeness (QED) is 0.760. The Hall–Kier alpha value is -2.13. The number of aromatic nitrogens is 3. The monoisotopic (exact) mass is 308 g/mol. The van der Waals surface area contributed by atoms with Crippen LogP contribution in [0.15, 0.2) is 29.4 Å². The topological polar surface area (TPSA) is 106 Å². The second-order valence-electron chi connectivity index (χ2n) is 4.80. The van der Waals surface area contributed by atoms with E-state index in [0.29, 0.717) is 31.0 Å². The molecule has 0 radical (unpaired) electrons. The van der Waals surface area contributed by atoms with Crippen LogP contribution in [0.5, 0.6) is 0 Å². The van der Waals surface area contributed by atoms with Crippen LogP contribution in [0.4, 0.5) is 11.4 Å². The molecule has 2 heterocycles. The van der Waals surface area contributed by atoms with Crippen LogP contribution in [-0.2, 0) is 23.1 Å². The first-order chi connectivity index (χ1) is 10.0. The molecule has 1 aromatic carbocycles. The van der Waals surface area contributed by atoms with Crippen LogP contribution < -0.4 is 15.4 Å². The number of hydrogen-bond donors (Lipinski definition) is 2. The fraction of sp³-hybridized carbons (Fsp3) is 0.333. The lowest BCUT2D eigenvalue weighted by Crippen LogP contribution is -2.35. The molecule has 2 aromatic rings. The van der Waals surface area contributed by atoms with Crippen molar-refractivity contribution in [2.75, 3.05) is 24.2 Å². The zero-order chi connectivity index (χ0) is 15.0. The molecule has 8 nitrogen and oxygen atoms in total. The molecule has 0 fully saturated rings. The molecule has 0 amide bonds. The number of hydrogen-bond acceptors (Lipinski definition) is 6. The van der Waals surface area contributed by atoms with Gasteiger partial charge in [-0.3, -0.25) is 0 Å². The fourth-order valence-electron chi connectivity index (χ4n) is 2.39. The van der Waals surface area contributed by atoms with E-state index in [1.54, 1.807) is 18.5 Å². The first kappa shape index (κ1) is 13.8. The van der Waals surface area contributed by atoms with Crippen molar-refractivity contribution in [2.45, 2.75) is 18.0 Å². The van der Waals surface area contributed by atoms with E-state index in [2.05, 4.69) is 14.9 Å². The molecular weight excluding hydrogens is 292 g/mol. The maximum atomic E-state index is 12.2. The van der Waals surface area contributed by atoms with Crippen LogP contribution in [-0.4, -0.2) is 36.8 Å². The number of benzene rings is 1. The summed E-state index contributed by atoms with van der Waals surface area (Å²) in [6.07, 6.45) is 1.68. The average Bonchev–Trinajstić information content (AvgIpc) is 2.94. The first-order valence-electron chi connectivity index (χ1n) is 6.46. The van der Waals surface area contributed by atoms with Gasteiger partial charge in [-0.2, -0.15) is 0 Å². The molecule has 0 aliphatic carbocycles. The average molecular weight is 308 g/mol. The molecule has 0 saturated carbocycles. The van der Waals surface area contributed by atoms with Crippen LogP contribution in [0.2, 0.25) is 0 Å². The maximum absolute atomic E-state index is 12.2. The van der Waals surface area contributed by atoms with E-state index in [1.165, 1.54) is 13.1 Å². The van der Waals surface area contributed by atoms with Gasteiger partial charge < -0.3 is 15.2 Å². The Bertz CT molecular complexity index is 770. The van der Waals surface area contributed by atoms with Crippen LogP contribution in [0, 0.1) is 0 Å². The molecule has 21 heavy (non-hydrogen) atoms. The van der Waals surface area contributed by atoms with E-state index in [1.807, 2.05) is 9.47 Å². The number of fused-ring (bicyclic) bond motifs is 1. The third kappa shape index (κ3) is 2.45. The lowest BCUT2D eigenvalue weighted by molar-refractivity contribution is 0.554. The lowest BCUT2D eigenvalue weighted by Gasteiger charge is -2.30. The second-order valence-corrected chi connectivity index (χ2v) is 6.65. The summed E-state index contributed by atoms with van der Waals surface area (Å²) in [7, 11) is -2.20. The number of nitrogens with zero attached hydrogens (tertiary/aromatic N) is 4. The maximum Gasteiger partial charge on any atom is 0.242 e. The minimum atomic E-state index is -3.58. The van der Waals surface area contributed by atoms with E-state index in [9.17, 15) is 8.42 Å². The summed E-state index contributed by atoms with van der Waals surface area (Å²) in [6, 6.07) is 4.90. The molecule has 1 aliphatic heterocycles. The van der Waals surface area contributed by atoms with Gasteiger partial charge in [0.05, 0.1) is 12.2 Å². The van der Waals surface area contributed by atoms with E-state index in [4.69, 9.17) is 5.73 Å². The van der Waals surface area contributed by atoms with Crippen LogP contribution >= 0.6 is 0 Å². The molecule has 112 valence electrons. The molecular formula is C12H16N6O2S. The zero-order valence-corrected chi connectivity index (χ0v) is 12.3. The van der Waals surface area contributed by atoms with Gasteiger partial charge in [0.2, 0.25) is 10.0 Å². The standard InChI is InChI=1S/C12H16N6O2S/c1-14-21(19,20)11-6-9(13)2-3-10(11)17-4-5-18-8-15-16-12(18)7-17/h2-3,6,8,14H,4-5,7,13H2,1H3. The number of nitrogen functional groups attached to an aromatic ring is 1. The Morgan fingerprint density at radius 3 is 2.90 bits per heavy atom. The molecule has 0 bridgehead atoms. The number of anilines is 2. The molecule has 9 heteroatoms. The van der Waals surface area contributed by atoms with Gasteiger partial charge in [0, 0.05) is 18.8 Å². The van der Waals surface area contributed by atoms with Crippen molar-refractivity contribution in [3.05, 3.63) is 30.4 Å². The largest absolute Gasteiger partial charge is 0.399 e. The third-order valence-electron chi connectivity index (χ3n) is 3.52. The van der Waals surface area contributed by atoms with Gasteiger partial charge in [0.15, 0.2) is 5.82 Å². The summed E-state index contributed by atoms with van der Waals surface area (Å²) in [5.41, 5.74) is 6.76. The zero-order valence-electron chi connectivity index (χ0n) is 11.5. The Balaban J connectivity index is 2.04. The van der Waals surface area contributed by atoms with Gasteiger partial charge in [-0.05, 0) is 25.2 Å². The Labute approximate surface area is 122 Å². The number of nitrogens with one attached hydrogen (secondary N) is 1. The molecule has 0 saturated heterocycles. The van der Waals surface area contributed by atoms with Gasteiger partial charge in [0.1, 0.15) is 11.2 Å². The van der Waals surface area contributed by atoms with Gasteiger partial charge in [-0.25, -0.2) is 13.1 Å². The molecule has 3 N–H and O–H groups in total. The van der Waals surface area contributed by atoms with E-state index in [0.717, 1.165) is 5.82 Å².